The van der Waals surface area contributed by atoms with Crippen LogP contribution in [-0.2, 0) is 24.4 Å². The largest absolute Gasteiger partial charge is 0.497 e. The minimum absolute atomic E-state index is 0.142. The summed E-state index contributed by atoms with van der Waals surface area (Å²) in [6.07, 6.45) is 6.13. The van der Waals surface area contributed by atoms with Gasteiger partial charge >= 0.3 is 0 Å². The number of aromatic nitrogens is 1. The van der Waals surface area contributed by atoms with Crippen molar-refractivity contribution < 1.29 is 32.3 Å². The third-order valence-corrected chi connectivity index (χ3v) is 13.1. The fourth-order valence-electron chi connectivity index (χ4n) is 8.01. The van der Waals surface area contributed by atoms with Gasteiger partial charge in [-0.15, -0.1) is 6.58 Å². The number of hydrogen-bond acceptors (Lipinski definition) is 9. The predicted octanol–water partition coefficient (Wildman–Crippen LogP) is 4.83. The Morgan fingerprint density at radius 3 is 2.44 bits per heavy atom. The van der Waals surface area contributed by atoms with E-state index in [1.165, 1.54) is 0 Å². The van der Waals surface area contributed by atoms with Gasteiger partial charge in [0.1, 0.15) is 29.2 Å². The first kappa shape index (κ1) is 37.8. The normalized spacial score (nSPS) is 24.9. The molecule has 54 heavy (non-hydrogen) atoms. The van der Waals surface area contributed by atoms with E-state index in [0.29, 0.717) is 42.0 Å². The first-order valence-electron chi connectivity index (χ1n) is 19.2. The van der Waals surface area contributed by atoms with E-state index in [4.69, 9.17) is 14.5 Å². The summed E-state index contributed by atoms with van der Waals surface area (Å²) in [5, 5.41) is 3.08. The number of carbonyl (C=O) groups excluding carboxylic acids is 3. The molecule has 4 aliphatic rings. The second kappa shape index (κ2) is 15.3. The standard InChI is InChI=1S/C41H51N5O7S/c1-5-28-24-41(28,40(49)44-54(50,51)31-15-16-31)43-38(47)35-22-30(25-46(35)39(48)36(20-26(2)3)45-18-10-7-11-19-45)53-37-23-33(27-12-8-6-9-13-27)42-34-21-29(52-4)14-17-32(34)37/h5-6,8-9,12-14,17,21,23,26,28,30-31,35-36H,1,7,10-11,15-16,18-20,22,24-25H2,2-4H3,(H,43,47)(H,44,49)/t28?,30-,35+,36?,41?/m1/s1. The maximum Gasteiger partial charge on any atom is 0.259 e. The number of rotatable bonds is 14. The van der Waals surface area contributed by atoms with Crippen LogP contribution in [0.15, 0.2) is 67.3 Å². The highest BCUT2D eigenvalue weighted by atomic mass is 32.2. The molecule has 0 bridgehead atoms. The zero-order chi connectivity index (χ0) is 38.2. The molecule has 3 aromatic rings. The maximum atomic E-state index is 14.8. The van der Waals surface area contributed by atoms with E-state index in [1.807, 2.05) is 54.6 Å². The molecule has 4 fully saturated rings. The van der Waals surface area contributed by atoms with Crippen molar-refractivity contribution in [3.8, 4) is 22.8 Å². The van der Waals surface area contributed by atoms with E-state index in [0.717, 1.165) is 43.3 Å². The molecule has 2 aliphatic heterocycles. The molecule has 2 aliphatic carbocycles. The summed E-state index contributed by atoms with van der Waals surface area (Å²) < 4.78 is 40.1. The molecule has 1 aromatic heterocycles. The van der Waals surface area contributed by atoms with Crippen molar-refractivity contribution in [2.75, 3.05) is 26.7 Å². The Hall–Kier alpha value is -4.49. The smallest absolute Gasteiger partial charge is 0.259 e. The molecule has 3 unspecified atom stereocenters. The number of methoxy groups -OCH3 is 1. The Bertz CT molecular complexity index is 2010. The maximum absolute atomic E-state index is 14.8. The van der Waals surface area contributed by atoms with Crippen LogP contribution in [0.3, 0.4) is 0 Å². The van der Waals surface area contributed by atoms with Gasteiger partial charge in [-0.05, 0) is 69.7 Å². The summed E-state index contributed by atoms with van der Waals surface area (Å²) in [5.74, 6) is -0.438. The van der Waals surface area contributed by atoms with Crippen molar-refractivity contribution in [1.29, 1.82) is 0 Å². The second-order valence-corrected chi connectivity index (χ2v) is 17.6. The lowest BCUT2D eigenvalue weighted by atomic mass is 9.98. The first-order valence-corrected chi connectivity index (χ1v) is 20.7. The molecule has 288 valence electrons. The summed E-state index contributed by atoms with van der Waals surface area (Å²) in [6.45, 7) is 9.80. The van der Waals surface area contributed by atoms with Gasteiger partial charge in [0.25, 0.3) is 5.91 Å². The van der Waals surface area contributed by atoms with Crippen LogP contribution in [0.4, 0.5) is 0 Å². The van der Waals surface area contributed by atoms with E-state index in [-0.39, 0.29) is 31.2 Å². The molecule has 0 radical (unpaired) electrons. The van der Waals surface area contributed by atoms with Gasteiger partial charge in [0.15, 0.2) is 0 Å². The van der Waals surface area contributed by atoms with Gasteiger partial charge in [0.2, 0.25) is 21.8 Å². The monoisotopic (exact) mass is 757 g/mol. The average Bonchev–Trinajstić information content (AvgIpc) is 4.10. The number of amides is 3. The Morgan fingerprint density at radius 1 is 1.06 bits per heavy atom. The molecule has 2 saturated carbocycles. The van der Waals surface area contributed by atoms with Crippen LogP contribution in [0.5, 0.6) is 11.5 Å². The summed E-state index contributed by atoms with van der Waals surface area (Å²) in [5.41, 5.74) is 0.807. The molecular formula is C41H51N5O7S. The van der Waals surface area contributed by atoms with E-state index >= 15 is 0 Å². The molecule has 2 aromatic carbocycles. The number of hydrogen-bond donors (Lipinski definition) is 2. The molecule has 2 saturated heterocycles. The average molecular weight is 758 g/mol. The van der Waals surface area contributed by atoms with Crippen LogP contribution in [0.25, 0.3) is 22.2 Å². The van der Waals surface area contributed by atoms with Gasteiger partial charge in [0, 0.05) is 35.4 Å². The molecule has 12 nitrogen and oxygen atoms in total. The van der Waals surface area contributed by atoms with Crippen molar-refractivity contribution in [2.24, 2.45) is 11.8 Å². The van der Waals surface area contributed by atoms with Crippen molar-refractivity contribution >= 4 is 38.6 Å². The van der Waals surface area contributed by atoms with Crippen LogP contribution >= 0.6 is 0 Å². The number of piperidine rings is 1. The SMILES string of the molecule is C=CC1CC1(NC(=O)[C@@H]1C[C@@H](Oc2cc(-c3ccccc3)nc3cc(OC)ccc23)CN1C(=O)C(CC(C)C)N1CCCCC1)C(=O)NS(=O)(=O)C1CC1. The zero-order valence-corrected chi connectivity index (χ0v) is 32.1. The first-order chi connectivity index (χ1) is 25.9. The van der Waals surface area contributed by atoms with Gasteiger partial charge in [-0.1, -0.05) is 56.7 Å². The summed E-state index contributed by atoms with van der Waals surface area (Å²) in [4.78, 5) is 51.6. The molecule has 13 heteroatoms. The predicted molar refractivity (Wildman–Crippen MR) is 206 cm³/mol. The van der Waals surface area contributed by atoms with Crippen LogP contribution in [0, 0.1) is 11.8 Å². The van der Waals surface area contributed by atoms with Crippen LogP contribution < -0.4 is 19.5 Å². The molecule has 3 amide bonds. The molecule has 2 N–H and O–H groups in total. The van der Waals surface area contributed by atoms with Crippen molar-refractivity contribution in [3.05, 3.63) is 67.3 Å². The Kier molecular flexibility index (Phi) is 10.7. The topological polar surface area (TPSA) is 147 Å². The third-order valence-electron chi connectivity index (χ3n) is 11.3. The summed E-state index contributed by atoms with van der Waals surface area (Å²) in [7, 11) is -2.25. The van der Waals surface area contributed by atoms with E-state index < -0.39 is 56.7 Å². The number of ether oxygens (including phenoxy) is 2. The van der Waals surface area contributed by atoms with Crippen molar-refractivity contribution in [3.63, 3.8) is 0 Å². The zero-order valence-electron chi connectivity index (χ0n) is 31.3. The summed E-state index contributed by atoms with van der Waals surface area (Å²) in [6, 6.07) is 15.9. The lowest BCUT2D eigenvalue weighted by Gasteiger charge is -2.38. The molecule has 0 spiro atoms. The number of nitrogens with one attached hydrogen (secondary N) is 2. The number of nitrogens with zero attached hydrogens (tertiary/aromatic N) is 3. The highest BCUT2D eigenvalue weighted by Gasteiger charge is 2.62. The fraction of sp³-hybridized carbons (Fsp3) is 0.512. The van der Waals surface area contributed by atoms with Gasteiger partial charge in [-0.3, -0.25) is 24.0 Å². The van der Waals surface area contributed by atoms with Crippen LogP contribution in [0.1, 0.15) is 65.2 Å². The van der Waals surface area contributed by atoms with Crippen molar-refractivity contribution in [1.82, 2.24) is 24.8 Å². The van der Waals surface area contributed by atoms with Crippen LogP contribution in [0.2, 0.25) is 0 Å². The highest BCUT2D eigenvalue weighted by molar-refractivity contribution is 7.91. The Labute approximate surface area is 317 Å². The Morgan fingerprint density at radius 2 is 1.80 bits per heavy atom. The fourth-order valence-corrected chi connectivity index (χ4v) is 9.37. The van der Waals surface area contributed by atoms with E-state index in [9.17, 15) is 22.8 Å². The minimum Gasteiger partial charge on any atom is -0.497 e. The quantitative estimate of drug-likeness (QED) is 0.221. The number of likely N-dealkylation sites (tertiary alicyclic amines) is 2. The molecule has 7 rings (SSSR count). The minimum atomic E-state index is -3.85. The van der Waals surface area contributed by atoms with E-state index in [1.54, 1.807) is 18.1 Å². The number of pyridine rings is 1. The number of carbonyl (C=O) groups is 3. The van der Waals surface area contributed by atoms with Gasteiger partial charge < -0.3 is 19.7 Å². The molecule has 5 atom stereocenters. The summed E-state index contributed by atoms with van der Waals surface area (Å²) >= 11 is 0. The van der Waals surface area contributed by atoms with E-state index in [2.05, 4.69) is 35.4 Å². The van der Waals surface area contributed by atoms with Crippen molar-refractivity contribution in [2.45, 2.75) is 94.2 Å². The van der Waals surface area contributed by atoms with Gasteiger partial charge in [-0.2, -0.15) is 0 Å². The molecular weight excluding hydrogens is 707 g/mol. The number of fused-ring (bicyclic) bond motifs is 1. The van der Waals surface area contributed by atoms with Gasteiger partial charge in [0.05, 0.1) is 36.2 Å². The highest BCUT2D eigenvalue weighted by Crippen LogP contribution is 2.46. The molecule has 3 heterocycles. The Balaban J connectivity index is 1.21. The lowest BCUT2D eigenvalue weighted by Crippen LogP contribution is -2.58. The lowest BCUT2D eigenvalue weighted by molar-refractivity contribution is -0.144. The van der Waals surface area contributed by atoms with Gasteiger partial charge in [-0.25, -0.2) is 13.4 Å². The number of sulfonamides is 1. The third kappa shape index (κ3) is 7.84. The number of benzene rings is 2. The van der Waals surface area contributed by atoms with Crippen LogP contribution in [-0.4, -0.2) is 96.6 Å². The second-order valence-electron chi connectivity index (χ2n) is 15.7.